The standard InChI is InChI=1S/C17H21N3O5S/c1-5-6-14-18-17(20-19-14)26-13(16(21)22)9-10-7-11(23-2)15(25-4)12(8-10)24-3/h7-9H,5-6H2,1-4H3,(H,21,22)(H,18,19,20)/b13-9-. The maximum Gasteiger partial charge on any atom is 0.342 e. The number of nitrogens with one attached hydrogen (secondary N) is 1. The number of ether oxygens (including phenoxy) is 3. The van der Waals surface area contributed by atoms with Crippen LogP contribution in [0.4, 0.5) is 0 Å². The topological polar surface area (TPSA) is 107 Å². The van der Waals surface area contributed by atoms with Gasteiger partial charge in [0.15, 0.2) is 11.5 Å². The maximum absolute atomic E-state index is 11.6. The Morgan fingerprint density at radius 1 is 1.23 bits per heavy atom. The molecular weight excluding hydrogens is 358 g/mol. The number of rotatable bonds is 9. The van der Waals surface area contributed by atoms with E-state index >= 15 is 0 Å². The minimum atomic E-state index is -1.08. The van der Waals surface area contributed by atoms with Crippen LogP contribution in [0.5, 0.6) is 17.2 Å². The SMILES string of the molecule is CCCc1nc(S/C(=C\c2cc(OC)c(OC)c(OC)c2)C(=O)O)n[nH]1. The van der Waals surface area contributed by atoms with Crippen LogP contribution in [-0.4, -0.2) is 47.6 Å². The molecule has 0 radical (unpaired) electrons. The first-order chi connectivity index (χ1) is 12.5. The number of aromatic amines is 1. The zero-order chi connectivity index (χ0) is 19.1. The van der Waals surface area contributed by atoms with E-state index in [0.29, 0.717) is 28.0 Å². The van der Waals surface area contributed by atoms with Crippen LogP contribution >= 0.6 is 11.8 Å². The van der Waals surface area contributed by atoms with Gasteiger partial charge in [0.1, 0.15) is 10.7 Å². The highest BCUT2D eigenvalue weighted by molar-refractivity contribution is 8.04. The highest BCUT2D eigenvalue weighted by Gasteiger charge is 2.16. The second kappa shape index (κ2) is 9.14. The number of aromatic nitrogens is 3. The highest BCUT2D eigenvalue weighted by atomic mass is 32.2. The summed E-state index contributed by atoms with van der Waals surface area (Å²) in [5.41, 5.74) is 0.591. The molecule has 2 rings (SSSR count). The molecule has 140 valence electrons. The van der Waals surface area contributed by atoms with Crippen LogP contribution in [0.3, 0.4) is 0 Å². The van der Waals surface area contributed by atoms with Gasteiger partial charge in [-0.15, -0.1) is 5.10 Å². The van der Waals surface area contributed by atoms with Gasteiger partial charge in [0.05, 0.1) is 21.3 Å². The van der Waals surface area contributed by atoms with Gasteiger partial charge in [0, 0.05) is 6.42 Å². The van der Waals surface area contributed by atoms with E-state index in [1.54, 1.807) is 12.1 Å². The minimum absolute atomic E-state index is 0.0707. The lowest BCUT2D eigenvalue weighted by Gasteiger charge is -2.13. The molecule has 1 heterocycles. The quantitative estimate of drug-likeness (QED) is 0.506. The van der Waals surface area contributed by atoms with Crippen molar-refractivity contribution in [3.8, 4) is 17.2 Å². The van der Waals surface area contributed by atoms with E-state index in [4.69, 9.17) is 14.2 Å². The van der Waals surface area contributed by atoms with E-state index in [9.17, 15) is 9.90 Å². The molecule has 0 unspecified atom stereocenters. The molecule has 26 heavy (non-hydrogen) atoms. The Morgan fingerprint density at radius 2 is 1.88 bits per heavy atom. The molecule has 2 aromatic rings. The third-order valence-electron chi connectivity index (χ3n) is 3.39. The highest BCUT2D eigenvalue weighted by Crippen LogP contribution is 2.39. The van der Waals surface area contributed by atoms with Gasteiger partial charge in [-0.05, 0) is 42.0 Å². The molecule has 0 aliphatic rings. The molecule has 0 spiro atoms. The molecule has 0 aliphatic carbocycles. The molecule has 0 saturated carbocycles. The molecule has 1 aromatic carbocycles. The summed E-state index contributed by atoms with van der Waals surface area (Å²) in [7, 11) is 4.51. The fraction of sp³-hybridized carbons (Fsp3) is 0.353. The predicted molar refractivity (Wildman–Crippen MR) is 97.9 cm³/mol. The summed E-state index contributed by atoms with van der Waals surface area (Å²) in [5.74, 6) is 0.972. The Kier molecular flexibility index (Phi) is 6.90. The van der Waals surface area contributed by atoms with Gasteiger partial charge < -0.3 is 19.3 Å². The van der Waals surface area contributed by atoms with E-state index in [0.717, 1.165) is 30.4 Å². The van der Waals surface area contributed by atoms with Crippen molar-refractivity contribution in [3.63, 3.8) is 0 Å². The van der Waals surface area contributed by atoms with Crippen molar-refractivity contribution in [3.05, 3.63) is 28.4 Å². The Morgan fingerprint density at radius 3 is 2.38 bits per heavy atom. The number of benzene rings is 1. The summed E-state index contributed by atoms with van der Waals surface area (Å²) in [5, 5.41) is 16.7. The van der Waals surface area contributed by atoms with Gasteiger partial charge in [0.25, 0.3) is 0 Å². The van der Waals surface area contributed by atoms with Crippen molar-refractivity contribution >= 4 is 23.8 Å². The Hall–Kier alpha value is -2.68. The van der Waals surface area contributed by atoms with Gasteiger partial charge >= 0.3 is 5.97 Å². The summed E-state index contributed by atoms with van der Waals surface area (Å²) >= 11 is 0.970. The number of nitrogens with zero attached hydrogens (tertiary/aromatic N) is 2. The fourth-order valence-corrected chi connectivity index (χ4v) is 2.97. The Bertz CT molecular complexity index is 778. The molecule has 0 aliphatic heterocycles. The van der Waals surface area contributed by atoms with Gasteiger partial charge in [-0.2, -0.15) is 0 Å². The third kappa shape index (κ3) is 4.69. The van der Waals surface area contributed by atoms with Gasteiger partial charge in [-0.25, -0.2) is 9.78 Å². The first kappa shape index (κ1) is 19.6. The van der Waals surface area contributed by atoms with Crippen LogP contribution in [0.15, 0.2) is 22.2 Å². The number of carbonyl (C=O) groups is 1. The largest absolute Gasteiger partial charge is 0.493 e. The second-order valence-electron chi connectivity index (χ2n) is 5.19. The molecule has 0 bridgehead atoms. The van der Waals surface area contributed by atoms with Gasteiger partial charge in [0.2, 0.25) is 10.9 Å². The van der Waals surface area contributed by atoms with Crippen LogP contribution in [0.2, 0.25) is 0 Å². The number of thioether (sulfide) groups is 1. The molecule has 8 nitrogen and oxygen atoms in total. The monoisotopic (exact) mass is 379 g/mol. The number of hydrogen-bond donors (Lipinski definition) is 2. The van der Waals surface area contributed by atoms with Crippen LogP contribution < -0.4 is 14.2 Å². The van der Waals surface area contributed by atoms with E-state index < -0.39 is 5.97 Å². The molecule has 0 fully saturated rings. The van der Waals surface area contributed by atoms with Crippen molar-refractivity contribution in [1.82, 2.24) is 15.2 Å². The summed E-state index contributed by atoms with van der Waals surface area (Å²) in [6.07, 6.45) is 3.19. The third-order valence-corrected chi connectivity index (χ3v) is 4.27. The predicted octanol–water partition coefficient (Wildman–Crippen LogP) is 3.00. The van der Waals surface area contributed by atoms with Crippen molar-refractivity contribution in [1.29, 1.82) is 0 Å². The summed E-state index contributed by atoms with van der Waals surface area (Å²) in [4.78, 5) is 16.0. The number of aliphatic carboxylic acids is 1. The molecule has 0 atom stereocenters. The molecule has 0 saturated heterocycles. The number of methoxy groups -OCH3 is 3. The zero-order valence-electron chi connectivity index (χ0n) is 15.0. The van der Waals surface area contributed by atoms with Crippen LogP contribution in [0, 0.1) is 0 Å². The summed E-state index contributed by atoms with van der Waals surface area (Å²) in [6.45, 7) is 2.03. The summed E-state index contributed by atoms with van der Waals surface area (Å²) < 4.78 is 15.9. The lowest BCUT2D eigenvalue weighted by Crippen LogP contribution is -1.99. The average molecular weight is 379 g/mol. The lowest BCUT2D eigenvalue weighted by atomic mass is 10.1. The number of aryl methyl sites for hydroxylation is 1. The van der Waals surface area contributed by atoms with Crippen LogP contribution in [0.1, 0.15) is 24.7 Å². The van der Waals surface area contributed by atoms with Crippen molar-refractivity contribution in [2.24, 2.45) is 0 Å². The number of carboxylic acids is 1. The average Bonchev–Trinajstić information content (AvgIpc) is 3.07. The van der Waals surface area contributed by atoms with E-state index in [1.807, 2.05) is 6.92 Å². The number of carboxylic acid groups (broad SMARTS) is 1. The molecule has 9 heteroatoms. The van der Waals surface area contributed by atoms with Gasteiger partial charge in [-0.1, -0.05) is 6.92 Å². The Balaban J connectivity index is 2.36. The fourth-order valence-electron chi connectivity index (χ4n) is 2.24. The molecule has 0 amide bonds. The molecular formula is C17H21N3O5S. The smallest absolute Gasteiger partial charge is 0.342 e. The normalized spacial score (nSPS) is 11.3. The maximum atomic E-state index is 11.6. The Labute approximate surface area is 155 Å². The number of H-pyrrole nitrogens is 1. The zero-order valence-corrected chi connectivity index (χ0v) is 15.8. The summed E-state index contributed by atoms with van der Waals surface area (Å²) in [6, 6.07) is 3.34. The molecule has 2 N–H and O–H groups in total. The van der Waals surface area contributed by atoms with E-state index in [1.165, 1.54) is 27.4 Å². The van der Waals surface area contributed by atoms with Crippen LogP contribution in [0.25, 0.3) is 6.08 Å². The lowest BCUT2D eigenvalue weighted by molar-refractivity contribution is -0.131. The first-order valence-electron chi connectivity index (χ1n) is 7.86. The van der Waals surface area contributed by atoms with Crippen molar-refractivity contribution in [2.75, 3.05) is 21.3 Å². The van der Waals surface area contributed by atoms with Crippen molar-refractivity contribution in [2.45, 2.75) is 24.9 Å². The number of hydrogen-bond acceptors (Lipinski definition) is 7. The molecule has 1 aromatic heterocycles. The minimum Gasteiger partial charge on any atom is -0.493 e. The van der Waals surface area contributed by atoms with E-state index in [2.05, 4.69) is 15.2 Å². The van der Waals surface area contributed by atoms with Crippen molar-refractivity contribution < 1.29 is 24.1 Å². The van der Waals surface area contributed by atoms with Gasteiger partial charge in [-0.3, -0.25) is 5.10 Å². The van der Waals surface area contributed by atoms with Crippen LogP contribution in [-0.2, 0) is 11.2 Å². The second-order valence-corrected chi connectivity index (χ2v) is 6.20. The van der Waals surface area contributed by atoms with E-state index in [-0.39, 0.29) is 4.91 Å². The first-order valence-corrected chi connectivity index (χ1v) is 8.68.